The summed E-state index contributed by atoms with van der Waals surface area (Å²) < 4.78 is 0. The molecule has 6 nitrogen and oxygen atoms in total. The van der Waals surface area contributed by atoms with Crippen LogP contribution in [0.3, 0.4) is 0 Å². The molecule has 0 fully saturated rings. The number of pyridine rings is 1. The molecule has 0 unspecified atom stereocenters. The van der Waals surface area contributed by atoms with Crippen molar-refractivity contribution < 1.29 is 19.8 Å². The molecule has 0 radical (unpaired) electrons. The zero-order chi connectivity index (χ0) is 12.8. The van der Waals surface area contributed by atoms with Crippen molar-refractivity contribution in [2.45, 2.75) is 12.5 Å². The molecule has 7 heteroatoms. The fourth-order valence-electron chi connectivity index (χ4n) is 1.15. The largest absolute Gasteiger partial charge is 0.480 e. The summed E-state index contributed by atoms with van der Waals surface area (Å²) in [4.78, 5) is 26.1. The van der Waals surface area contributed by atoms with Gasteiger partial charge in [-0.3, -0.25) is 4.79 Å². The van der Waals surface area contributed by atoms with Gasteiger partial charge in [-0.2, -0.15) is 0 Å². The van der Waals surface area contributed by atoms with Crippen LogP contribution in [-0.4, -0.2) is 39.7 Å². The Morgan fingerprint density at radius 1 is 1.47 bits per heavy atom. The Balaban J connectivity index is 2.73. The van der Waals surface area contributed by atoms with Crippen molar-refractivity contribution >= 4 is 23.5 Å². The topological polar surface area (TPSA) is 99.5 Å². The molecule has 17 heavy (non-hydrogen) atoms. The predicted octanol–water partition coefficient (Wildman–Crippen LogP) is 0.300. The molecule has 1 rings (SSSR count). The number of aliphatic hydroxyl groups is 1. The first-order valence-corrected chi connectivity index (χ1v) is 5.19. The van der Waals surface area contributed by atoms with Gasteiger partial charge in [0.15, 0.2) is 0 Å². The van der Waals surface area contributed by atoms with E-state index in [0.29, 0.717) is 0 Å². The first kappa shape index (κ1) is 13.4. The second-order valence-electron chi connectivity index (χ2n) is 3.22. The summed E-state index contributed by atoms with van der Waals surface area (Å²) in [7, 11) is 0. The SMILES string of the molecule is O=C(N[C@H](CCO)C(=O)O)c1cccc(Cl)n1. The van der Waals surface area contributed by atoms with Crippen molar-refractivity contribution in [3.8, 4) is 0 Å². The second kappa shape index (κ2) is 6.17. The molecule has 1 heterocycles. The van der Waals surface area contributed by atoms with Gasteiger partial charge in [0.05, 0.1) is 0 Å². The molecule has 0 bridgehead atoms. The van der Waals surface area contributed by atoms with Crippen LogP contribution in [0, 0.1) is 0 Å². The molecule has 3 N–H and O–H groups in total. The highest BCUT2D eigenvalue weighted by Crippen LogP contribution is 2.05. The number of carboxylic acid groups (broad SMARTS) is 1. The fourth-order valence-corrected chi connectivity index (χ4v) is 1.32. The third-order valence-corrected chi connectivity index (χ3v) is 2.18. The van der Waals surface area contributed by atoms with Crippen LogP contribution in [0.1, 0.15) is 16.9 Å². The molecular formula is C10H11ClN2O4. The average molecular weight is 259 g/mol. The fraction of sp³-hybridized carbons (Fsp3) is 0.300. The predicted molar refractivity (Wildman–Crippen MR) is 59.8 cm³/mol. The van der Waals surface area contributed by atoms with E-state index in [0.717, 1.165) is 0 Å². The van der Waals surface area contributed by atoms with Crippen LogP contribution in [0.5, 0.6) is 0 Å². The van der Waals surface area contributed by atoms with Crippen molar-refractivity contribution in [3.05, 3.63) is 29.0 Å². The molecule has 1 aromatic rings. The van der Waals surface area contributed by atoms with E-state index in [1.54, 1.807) is 0 Å². The highest BCUT2D eigenvalue weighted by molar-refractivity contribution is 6.29. The maximum atomic E-state index is 11.6. The minimum Gasteiger partial charge on any atom is -0.480 e. The van der Waals surface area contributed by atoms with Crippen molar-refractivity contribution in [1.29, 1.82) is 0 Å². The van der Waals surface area contributed by atoms with Gasteiger partial charge >= 0.3 is 5.97 Å². The Kier molecular flexibility index (Phi) is 4.86. The van der Waals surface area contributed by atoms with Gasteiger partial charge in [-0.05, 0) is 12.1 Å². The van der Waals surface area contributed by atoms with Crippen molar-refractivity contribution in [2.24, 2.45) is 0 Å². The van der Waals surface area contributed by atoms with E-state index in [2.05, 4.69) is 10.3 Å². The Hall–Kier alpha value is -1.66. The second-order valence-corrected chi connectivity index (χ2v) is 3.61. The number of aliphatic hydroxyl groups excluding tert-OH is 1. The monoisotopic (exact) mass is 258 g/mol. The number of nitrogens with one attached hydrogen (secondary N) is 1. The van der Waals surface area contributed by atoms with Crippen molar-refractivity contribution in [1.82, 2.24) is 10.3 Å². The smallest absolute Gasteiger partial charge is 0.326 e. The first-order chi connectivity index (χ1) is 8.04. The zero-order valence-corrected chi connectivity index (χ0v) is 9.52. The Bertz CT molecular complexity index is 425. The van der Waals surface area contributed by atoms with Crippen LogP contribution in [0.25, 0.3) is 0 Å². The number of halogens is 1. The van der Waals surface area contributed by atoms with E-state index in [1.165, 1.54) is 18.2 Å². The summed E-state index contributed by atoms with van der Waals surface area (Å²) in [6.45, 7) is -0.333. The third kappa shape index (κ3) is 4.01. The minimum absolute atomic E-state index is 0.0293. The molecule has 1 aromatic heterocycles. The van der Waals surface area contributed by atoms with E-state index >= 15 is 0 Å². The molecule has 0 saturated carbocycles. The summed E-state index contributed by atoms with van der Waals surface area (Å²) in [5.74, 6) is -1.86. The number of carboxylic acids is 1. The zero-order valence-electron chi connectivity index (χ0n) is 8.76. The van der Waals surface area contributed by atoms with Crippen molar-refractivity contribution in [3.63, 3.8) is 0 Å². The van der Waals surface area contributed by atoms with Gasteiger partial charge in [0.2, 0.25) is 0 Å². The van der Waals surface area contributed by atoms with E-state index in [9.17, 15) is 9.59 Å². The highest BCUT2D eigenvalue weighted by Gasteiger charge is 2.20. The number of amides is 1. The van der Waals surface area contributed by atoms with Gasteiger partial charge in [0.25, 0.3) is 5.91 Å². The Labute approximate surface area is 102 Å². The lowest BCUT2D eigenvalue weighted by Gasteiger charge is -2.12. The van der Waals surface area contributed by atoms with Gasteiger partial charge in [0.1, 0.15) is 16.9 Å². The molecular weight excluding hydrogens is 248 g/mol. The molecule has 0 aliphatic rings. The van der Waals surface area contributed by atoms with Gasteiger partial charge in [0, 0.05) is 13.0 Å². The molecule has 92 valence electrons. The molecule has 1 amide bonds. The number of hydrogen-bond acceptors (Lipinski definition) is 4. The molecule has 1 atom stereocenters. The molecule has 0 aromatic carbocycles. The Morgan fingerprint density at radius 2 is 2.18 bits per heavy atom. The Morgan fingerprint density at radius 3 is 2.71 bits per heavy atom. The standard InChI is InChI=1S/C10H11ClN2O4/c11-8-3-1-2-6(12-8)9(15)13-7(4-5-14)10(16)17/h1-3,7,14H,4-5H2,(H,13,15)(H,16,17)/t7-/m1/s1. The van der Waals surface area contributed by atoms with Crippen LogP contribution in [0.2, 0.25) is 5.15 Å². The maximum absolute atomic E-state index is 11.6. The number of aliphatic carboxylic acids is 1. The summed E-state index contributed by atoms with van der Waals surface area (Å²) in [6.07, 6.45) is -0.0678. The normalized spacial score (nSPS) is 11.9. The van der Waals surface area contributed by atoms with Gasteiger partial charge in [-0.1, -0.05) is 17.7 Å². The van der Waals surface area contributed by atoms with Crippen LogP contribution in [0.15, 0.2) is 18.2 Å². The summed E-state index contributed by atoms with van der Waals surface area (Å²) >= 11 is 5.60. The lowest BCUT2D eigenvalue weighted by molar-refractivity contribution is -0.139. The number of hydrogen-bond donors (Lipinski definition) is 3. The third-order valence-electron chi connectivity index (χ3n) is 1.97. The lowest BCUT2D eigenvalue weighted by Crippen LogP contribution is -2.41. The van der Waals surface area contributed by atoms with Crippen LogP contribution < -0.4 is 5.32 Å². The minimum atomic E-state index is -1.21. The average Bonchev–Trinajstić information content (AvgIpc) is 2.28. The molecule has 0 aliphatic heterocycles. The maximum Gasteiger partial charge on any atom is 0.326 e. The van der Waals surface area contributed by atoms with Crippen LogP contribution in [0.4, 0.5) is 0 Å². The number of aromatic nitrogens is 1. The molecule has 0 spiro atoms. The number of nitrogens with zero attached hydrogens (tertiary/aromatic N) is 1. The molecule has 0 aliphatic carbocycles. The number of carbonyl (C=O) groups is 2. The van der Waals surface area contributed by atoms with E-state index in [4.69, 9.17) is 21.8 Å². The van der Waals surface area contributed by atoms with E-state index in [1.807, 2.05) is 0 Å². The number of carbonyl (C=O) groups excluding carboxylic acids is 1. The summed E-state index contributed by atoms with van der Waals surface area (Å²) in [6, 6.07) is 3.31. The highest BCUT2D eigenvalue weighted by atomic mass is 35.5. The van der Waals surface area contributed by atoms with Gasteiger partial charge < -0.3 is 15.5 Å². The van der Waals surface area contributed by atoms with Crippen molar-refractivity contribution in [2.75, 3.05) is 6.61 Å². The molecule has 0 saturated heterocycles. The van der Waals surface area contributed by atoms with Gasteiger partial charge in [-0.25, -0.2) is 9.78 Å². The summed E-state index contributed by atoms with van der Waals surface area (Å²) in [5.41, 5.74) is 0.0293. The summed E-state index contributed by atoms with van der Waals surface area (Å²) in [5, 5.41) is 19.8. The van der Waals surface area contributed by atoms with E-state index < -0.39 is 17.9 Å². The lowest BCUT2D eigenvalue weighted by atomic mass is 10.2. The first-order valence-electron chi connectivity index (χ1n) is 4.81. The van der Waals surface area contributed by atoms with E-state index in [-0.39, 0.29) is 23.9 Å². The van der Waals surface area contributed by atoms with Crippen LogP contribution in [-0.2, 0) is 4.79 Å². The quantitative estimate of drug-likeness (QED) is 0.660. The van der Waals surface area contributed by atoms with Crippen LogP contribution >= 0.6 is 11.6 Å². The number of rotatable bonds is 5. The van der Waals surface area contributed by atoms with Gasteiger partial charge in [-0.15, -0.1) is 0 Å².